The van der Waals surface area contributed by atoms with Gasteiger partial charge in [-0.2, -0.15) is 0 Å². The van der Waals surface area contributed by atoms with E-state index >= 15 is 0 Å². The van der Waals surface area contributed by atoms with Gasteiger partial charge < -0.3 is 15.0 Å². The van der Waals surface area contributed by atoms with Crippen molar-refractivity contribution in [3.8, 4) is 0 Å². The van der Waals surface area contributed by atoms with Crippen LogP contribution in [0.2, 0.25) is 0 Å². The van der Waals surface area contributed by atoms with Gasteiger partial charge in [0.2, 0.25) is 0 Å². The third-order valence-corrected chi connectivity index (χ3v) is 3.62. The van der Waals surface area contributed by atoms with Crippen molar-refractivity contribution in [3.05, 3.63) is 24.0 Å². The highest BCUT2D eigenvalue weighted by atomic mass is 16.5. The molecule has 4 heteroatoms. The zero-order valence-electron chi connectivity index (χ0n) is 12.2. The fraction of sp³-hybridized carbons (Fsp3) is 0.667. The van der Waals surface area contributed by atoms with Crippen molar-refractivity contribution in [3.63, 3.8) is 0 Å². The van der Waals surface area contributed by atoms with Crippen LogP contribution in [0.5, 0.6) is 0 Å². The minimum Gasteiger partial charge on any atom is -0.384 e. The second-order valence-electron chi connectivity index (χ2n) is 5.60. The van der Waals surface area contributed by atoms with Crippen LogP contribution in [-0.2, 0) is 11.3 Å². The summed E-state index contributed by atoms with van der Waals surface area (Å²) in [4.78, 5) is 6.73. The fourth-order valence-electron chi connectivity index (χ4n) is 2.59. The number of hydrogen-bond donors (Lipinski definition) is 1. The Hall–Kier alpha value is -1.13. The Morgan fingerprint density at radius 2 is 2.37 bits per heavy atom. The lowest BCUT2D eigenvalue weighted by Crippen LogP contribution is -2.26. The largest absolute Gasteiger partial charge is 0.384 e. The van der Waals surface area contributed by atoms with Crippen LogP contribution in [0, 0.1) is 5.92 Å². The van der Waals surface area contributed by atoms with Crippen molar-refractivity contribution in [2.24, 2.45) is 5.92 Å². The summed E-state index contributed by atoms with van der Waals surface area (Å²) in [6, 6.07) is 2.62. The summed E-state index contributed by atoms with van der Waals surface area (Å²) < 4.78 is 5.26. The molecule has 1 N–H and O–H groups in total. The van der Waals surface area contributed by atoms with E-state index in [-0.39, 0.29) is 0 Å². The number of hydrogen-bond acceptors (Lipinski definition) is 4. The molecule has 1 aromatic rings. The highest BCUT2D eigenvalue weighted by Gasteiger charge is 2.24. The SMILES string of the molecule is COCC1CCN(c2cnccc2CNC(C)C)C1. The Bertz CT molecular complexity index is 395. The van der Waals surface area contributed by atoms with E-state index in [2.05, 4.69) is 35.1 Å². The van der Waals surface area contributed by atoms with Gasteiger partial charge in [-0.3, -0.25) is 4.98 Å². The first kappa shape index (κ1) is 14.3. The monoisotopic (exact) mass is 263 g/mol. The van der Waals surface area contributed by atoms with Gasteiger partial charge in [0.05, 0.1) is 18.5 Å². The van der Waals surface area contributed by atoms with E-state index in [1.807, 2.05) is 12.4 Å². The van der Waals surface area contributed by atoms with Crippen molar-refractivity contribution in [2.75, 3.05) is 31.7 Å². The Morgan fingerprint density at radius 3 is 3.11 bits per heavy atom. The number of methoxy groups -OCH3 is 1. The minimum absolute atomic E-state index is 0.501. The number of aromatic nitrogens is 1. The standard InChI is InChI=1S/C15H25N3O/c1-12(2)17-8-14-4-6-16-9-15(14)18-7-5-13(10-18)11-19-3/h4,6,9,12-13,17H,5,7-8,10-11H2,1-3H3. The first-order chi connectivity index (χ1) is 9.20. The maximum absolute atomic E-state index is 5.26. The van der Waals surface area contributed by atoms with Gasteiger partial charge in [-0.15, -0.1) is 0 Å². The Balaban J connectivity index is 2.03. The van der Waals surface area contributed by atoms with Crippen LogP contribution in [-0.4, -0.2) is 37.8 Å². The molecule has 1 aromatic heterocycles. The molecule has 19 heavy (non-hydrogen) atoms. The number of pyridine rings is 1. The summed E-state index contributed by atoms with van der Waals surface area (Å²) in [5, 5.41) is 3.48. The highest BCUT2D eigenvalue weighted by Crippen LogP contribution is 2.26. The van der Waals surface area contributed by atoms with Gasteiger partial charge in [0.1, 0.15) is 0 Å². The first-order valence-corrected chi connectivity index (χ1v) is 7.11. The lowest BCUT2D eigenvalue weighted by atomic mass is 10.1. The molecule has 106 valence electrons. The average Bonchev–Trinajstić information content (AvgIpc) is 2.85. The molecule has 2 heterocycles. The number of anilines is 1. The molecule has 1 saturated heterocycles. The van der Waals surface area contributed by atoms with Gasteiger partial charge in [-0.1, -0.05) is 13.8 Å². The Kier molecular flexibility index (Phi) is 5.16. The van der Waals surface area contributed by atoms with Crippen LogP contribution in [0.15, 0.2) is 18.5 Å². The van der Waals surface area contributed by atoms with Gasteiger partial charge in [-0.05, 0) is 18.1 Å². The van der Waals surface area contributed by atoms with Crippen LogP contribution in [0.4, 0.5) is 5.69 Å². The molecule has 0 aliphatic carbocycles. The van der Waals surface area contributed by atoms with E-state index in [0.717, 1.165) is 26.2 Å². The quantitative estimate of drug-likeness (QED) is 0.852. The molecule has 1 unspecified atom stereocenters. The van der Waals surface area contributed by atoms with E-state index in [9.17, 15) is 0 Å². The van der Waals surface area contributed by atoms with E-state index < -0.39 is 0 Å². The van der Waals surface area contributed by atoms with Gasteiger partial charge in [-0.25, -0.2) is 0 Å². The van der Waals surface area contributed by atoms with E-state index in [1.54, 1.807) is 7.11 Å². The number of rotatable bonds is 6. The van der Waals surface area contributed by atoms with Gasteiger partial charge in [0.25, 0.3) is 0 Å². The molecule has 4 nitrogen and oxygen atoms in total. The van der Waals surface area contributed by atoms with E-state index in [4.69, 9.17) is 4.74 Å². The molecule has 2 rings (SSSR count). The molecule has 0 aromatic carbocycles. The van der Waals surface area contributed by atoms with Crippen molar-refractivity contribution < 1.29 is 4.74 Å². The summed E-state index contributed by atoms with van der Waals surface area (Å²) in [5.41, 5.74) is 2.61. The molecule has 1 aliphatic heterocycles. The number of ether oxygens (including phenoxy) is 1. The third-order valence-electron chi connectivity index (χ3n) is 3.62. The highest BCUT2D eigenvalue weighted by molar-refractivity contribution is 5.52. The summed E-state index contributed by atoms with van der Waals surface area (Å²) in [6.07, 6.45) is 5.08. The van der Waals surface area contributed by atoms with Crippen molar-refractivity contribution in [1.29, 1.82) is 0 Å². The predicted molar refractivity (Wildman–Crippen MR) is 78.4 cm³/mol. The second kappa shape index (κ2) is 6.87. The van der Waals surface area contributed by atoms with Crippen molar-refractivity contribution in [2.45, 2.75) is 32.9 Å². The average molecular weight is 263 g/mol. The van der Waals surface area contributed by atoms with E-state index in [0.29, 0.717) is 12.0 Å². The summed E-state index contributed by atoms with van der Waals surface area (Å²) >= 11 is 0. The molecule has 1 aliphatic rings. The fourth-order valence-corrected chi connectivity index (χ4v) is 2.59. The zero-order chi connectivity index (χ0) is 13.7. The molecular weight excluding hydrogens is 238 g/mol. The summed E-state index contributed by atoms with van der Waals surface area (Å²) in [7, 11) is 1.78. The molecule has 0 saturated carbocycles. The molecule has 1 atom stereocenters. The minimum atomic E-state index is 0.501. The van der Waals surface area contributed by atoms with Crippen LogP contribution >= 0.6 is 0 Å². The topological polar surface area (TPSA) is 37.4 Å². The van der Waals surface area contributed by atoms with E-state index in [1.165, 1.54) is 17.7 Å². The normalized spacial score (nSPS) is 19.4. The van der Waals surface area contributed by atoms with Crippen LogP contribution in [0.3, 0.4) is 0 Å². The van der Waals surface area contributed by atoms with Gasteiger partial charge >= 0.3 is 0 Å². The predicted octanol–water partition coefficient (Wildman–Crippen LogP) is 2.05. The molecule has 0 amide bonds. The van der Waals surface area contributed by atoms with Crippen LogP contribution < -0.4 is 10.2 Å². The Labute approximate surface area is 116 Å². The summed E-state index contributed by atoms with van der Waals surface area (Å²) in [6.45, 7) is 8.29. The first-order valence-electron chi connectivity index (χ1n) is 7.11. The second-order valence-corrected chi connectivity index (χ2v) is 5.60. The maximum Gasteiger partial charge on any atom is 0.0598 e. The maximum atomic E-state index is 5.26. The molecular formula is C15H25N3O. The number of nitrogens with one attached hydrogen (secondary N) is 1. The van der Waals surface area contributed by atoms with Crippen molar-refractivity contribution >= 4 is 5.69 Å². The molecule has 0 spiro atoms. The van der Waals surface area contributed by atoms with Crippen LogP contribution in [0.1, 0.15) is 25.8 Å². The Morgan fingerprint density at radius 1 is 1.53 bits per heavy atom. The summed E-state index contributed by atoms with van der Waals surface area (Å²) in [5.74, 6) is 0.649. The number of nitrogens with zero attached hydrogens (tertiary/aromatic N) is 2. The van der Waals surface area contributed by atoms with Gasteiger partial charge in [0.15, 0.2) is 0 Å². The smallest absolute Gasteiger partial charge is 0.0598 e. The zero-order valence-corrected chi connectivity index (χ0v) is 12.2. The van der Waals surface area contributed by atoms with Crippen molar-refractivity contribution in [1.82, 2.24) is 10.3 Å². The molecule has 1 fully saturated rings. The third kappa shape index (κ3) is 3.91. The van der Waals surface area contributed by atoms with Crippen LogP contribution in [0.25, 0.3) is 0 Å². The van der Waals surface area contributed by atoms with Gasteiger partial charge in [0, 0.05) is 44.9 Å². The molecule has 0 radical (unpaired) electrons. The lowest BCUT2D eigenvalue weighted by Gasteiger charge is -2.22. The molecule has 0 bridgehead atoms. The lowest BCUT2D eigenvalue weighted by molar-refractivity contribution is 0.161.